The maximum Gasteiger partial charge on any atom is 0.138 e. The van der Waals surface area contributed by atoms with Gasteiger partial charge in [-0.1, -0.05) is 20.8 Å². The maximum absolute atomic E-state index is 4.32. The minimum absolute atomic E-state index is 0.338. The highest BCUT2D eigenvalue weighted by atomic mass is 15.3. The van der Waals surface area contributed by atoms with E-state index in [1.807, 2.05) is 11.7 Å². The first kappa shape index (κ1) is 13.2. The molecule has 1 aromatic heterocycles. The minimum atomic E-state index is 0.338. The van der Waals surface area contributed by atoms with Crippen LogP contribution in [0.2, 0.25) is 0 Å². The van der Waals surface area contributed by atoms with Gasteiger partial charge < -0.3 is 5.32 Å². The molecule has 1 heterocycles. The first-order chi connectivity index (χ1) is 7.46. The molecule has 1 N–H and O–H groups in total. The summed E-state index contributed by atoms with van der Waals surface area (Å²) in [4.78, 5) is 4.32. The van der Waals surface area contributed by atoms with E-state index in [1.54, 1.807) is 6.33 Å². The summed E-state index contributed by atoms with van der Waals surface area (Å²) < 4.78 is 1.97. The van der Waals surface area contributed by atoms with E-state index in [2.05, 4.69) is 43.1 Å². The molecule has 1 rings (SSSR count). The number of nitrogens with one attached hydrogen (secondary N) is 1. The highest BCUT2D eigenvalue weighted by molar-refractivity contribution is 4.90. The molecule has 0 bridgehead atoms. The molecule has 0 aliphatic heterocycles. The Morgan fingerprint density at radius 2 is 2.12 bits per heavy atom. The first-order valence-corrected chi connectivity index (χ1v) is 6.00. The Hall–Kier alpha value is -0.900. The van der Waals surface area contributed by atoms with Crippen LogP contribution in [-0.4, -0.2) is 27.9 Å². The van der Waals surface area contributed by atoms with Gasteiger partial charge in [0.1, 0.15) is 12.2 Å². The monoisotopic (exact) mass is 224 g/mol. The van der Waals surface area contributed by atoms with Crippen molar-refractivity contribution in [2.45, 2.75) is 53.1 Å². The summed E-state index contributed by atoms with van der Waals surface area (Å²) in [7, 11) is 2.02. The normalized spacial score (nSPS) is 14.1. The van der Waals surface area contributed by atoms with E-state index in [-0.39, 0.29) is 0 Å². The number of likely N-dealkylation sites (N-methyl/N-ethyl adjacent to an activating group) is 1. The number of rotatable bonds is 5. The molecule has 4 heteroatoms. The van der Waals surface area contributed by atoms with Crippen LogP contribution in [0.5, 0.6) is 0 Å². The molecular weight excluding hydrogens is 200 g/mol. The predicted molar refractivity (Wildman–Crippen MR) is 66.3 cm³/mol. The molecule has 0 saturated carbocycles. The lowest BCUT2D eigenvalue weighted by molar-refractivity contribution is 0.311. The highest BCUT2D eigenvalue weighted by Crippen LogP contribution is 2.22. The van der Waals surface area contributed by atoms with Crippen molar-refractivity contribution in [3.8, 4) is 0 Å². The molecule has 0 radical (unpaired) electrons. The molecule has 0 aliphatic rings. The zero-order chi connectivity index (χ0) is 12.2. The fourth-order valence-corrected chi connectivity index (χ4v) is 1.95. The second-order valence-corrected chi connectivity index (χ2v) is 5.45. The Morgan fingerprint density at radius 1 is 1.44 bits per heavy atom. The Balaban J connectivity index is 2.63. The van der Waals surface area contributed by atoms with Crippen molar-refractivity contribution in [3.63, 3.8) is 0 Å². The fraction of sp³-hybridized carbons (Fsp3) is 0.833. The second-order valence-electron chi connectivity index (χ2n) is 5.45. The molecule has 92 valence electrons. The van der Waals surface area contributed by atoms with Crippen LogP contribution in [-0.2, 0) is 13.0 Å². The molecule has 0 aromatic carbocycles. The van der Waals surface area contributed by atoms with Crippen molar-refractivity contribution in [1.29, 1.82) is 0 Å². The van der Waals surface area contributed by atoms with E-state index >= 15 is 0 Å². The molecule has 16 heavy (non-hydrogen) atoms. The van der Waals surface area contributed by atoms with Gasteiger partial charge in [0.25, 0.3) is 0 Å². The quantitative estimate of drug-likeness (QED) is 0.830. The van der Waals surface area contributed by atoms with Crippen LogP contribution in [0, 0.1) is 5.41 Å². The van der Waals surface area contributed by atoms with Gasteiger partial charge in [-0.25, -0.2) is 4.98 Å². The molecule has 1 atom stereocenters. The Labute approximate surface area is 98.5 Å². The van der Waals surface area contributed by atoms with E-state index < -0.39 is 0 Å². The van der Waals surface area contributed by atoms with Crippen molar-refractivity contribution < 1.29 is 0 Å². The lowest BCUT2D eigenvalue weighted by Crippen LogP contribution is -2.33. The molecule has 0 saturated heterocycles. The predicted octanol–water partition coefficient (Wildman–Crippen LogP) is 1.86. The van der Waals surface area contributed by atoms with Gasteiger partial charge in [-0.15, -0.1) is 0 Å². The third kappa shape index (κ3) is 3.93. The van der Waals surface area contributed by atoms with Crippen LogP contribution in [0.4, 0.5) is 0 Å². The first-order valence-electron chi connectivity index (χ1n) is 6.00. The fourth-order valence-electron chi connectivity index (χ4n) is 1.95. The summed E-state index contributed by atoms with van der Waals surface area (Å²) in [5, 5.41) is 7.56. The summed E-state index contributed by atoms with van der Waals surface area (Å²) in [6.07, 6.45) is 3.73. The van der Waals surface area contributed by atoms with Gasteiger partial charge in [0, 0.05) is 19.0 Å². The van der Waals surface area contributed by atoms with Crippen LogP contribution >= 0.6 is 0 Å². The summed E-state index contributed by atoms with van der Waals surface area (Å²) in [5.41, 5.74) is 0.338. The number of aryl methyl sites for hydroxylation is 1. The zero-order valence-corrected chi connectivity index (χ0v) is 11.1. The zero-order valence-electron chi connectivity index (χ0n) is 11.1. The van der Waals surface area contributed by atoms with Crippen molar-refractivity contribution in [3.05, 3.63) is 12.2 Å². The molecule has 0 fully saturated rings. The lowest BCUT2D eigenvalue weighted by Gasteiger charge is -2.25. The van der Waals surface area contributed by atoms with Gasteiger partial charge >= 0.3 is 0 Å². The van der Waals surface area contributed by atoms with Crippen molar-refractivity contribution in [2.24, 2.45) is 5.41 Å². The second kappa shape index (κ2) is 5.43. The van der Waals surface area contributed by atoms with Gasteiger partial charge in [0.05, 0.1) is 0 Å². The molecule has 0 amide bonds. The van der Waals surface area contributed by atoms with Crippen molar-refractivity contribution in [1.82, 2.24) is 20.1 Å². The van der Waals surface area contributed by atoms with E-state index in [1.165, 1.54) is 0 Å². The molecule has 1 unspecified atom stereocenters. The van der Waals surface area contributed by atoms with E-state index in [0.29, 0.717) is 11.5 Å². The molecular formula is C12H24N4. The summed E-state index contributed by atoms with van der Waals surface area (Å²) in [6, 6.07) is 0.467. The topological polar surface area (TPSA) is 42.7 Å². The Bertz CT molecular complexity index is 311. The number of hydrogen-bond acceptors (Lipinski definition) is 3. The van der Waals surface area contributed by atoms with Crippen LogP contribution in [0.15, 0.2) is 6.33 Å². The van der Waals surface area contributed by atoms with Crippen LogP contribution in [0.25, 0.3) is 0 Å². The third-order valence-corrected chi connectivity index (χ3v) is 2.69. The van der Waals surface area contributed by atoms with Gasteiger partial charge in [-0.05, 0) is 25.8 Å². The summed E-state index contributed by atoms with van der Waals surface area (Å²) >= 11 is 0. The minimum Gasteiger partial charge on any atom is -0.317 e. The summed E-state index contributed by atoms with van der Waals surface area (Å²) in [5.74, 6) is 1.08. The Morgan fingerprint density at radius 3 is 2.62 bits per heavy atom. The van der Waals surface area contributed by atoms with Gasteiger partial charge in [-0.3, -0.25) is 4.68 Å². The van der Waals surface area contributed by atoms with E-state index in [9.17, 15) is 0 Å². The third-order valence-electron chi connectivity index (χ3n) is 2.69. The number of aromatic nitrogens is 3. The van der Waals surface area contributed by atoms with Crippen LogP contribution in [0.3, 0.4) is 0 Å². The molecule has 1 aromatic rings. The SMILES string of the molecule is CCn1ncnc1CC(CC(C)(C)C)NC. The molecule has 4 nitrogen and oxygen atoms in total. The average Bonchev–Trinajstić information content (AvgIpc) is 2.62. The standard InChI is InChI=1S/C12H24N4/c1-6-16-11(14-9-15-16)7-10(13-5)8-12(2,3)4/h9-10,13H,6-8H2,1-5H3. The van der Waals surface area contributed by atoms with Crippen LogP contribution in [0.1, 0.15) is 39.9 Å². The largest absolute Gasteiger partial charge is 0.317 e. The Kier molecular flexibility index (Phi) is 4.47. The number of nitrogens with zero attached hydrogens (tertiary/aromatic N) is 3. The summed E-state index contributed by atoms with van der Waals surface area (Å²) in [6.45, 7) is 9.78. The van der Waals surface area contributed by atoms with Gasteiger partial charge in [0.15, 0.2) is 0 Å². The smallest absolute Gasteiger partial charge is 0.138 e. The van der Waals surface area contributed by atoms with E-state index in [0.717, 1.165) is 25.2 Å². The highest BCUT2D eigenvalue weighted by Gasteiger charge is 2.19. The van der Waals surface area contributed by atoms with Crippen molar-refractivity contribution in [2.75, 3.05) is 7.05 Å². The lowest BCUT2D eigenvalue weighted by atomic mass is 9.87. The average molecular weight is 224 g/mol. The van der Waals surface area contributed by atoms with Crippen molar-refractivity contribution >= 4 is 0 Å². The van der Waals surface area contributed by atoms with Gasteiger partial charge in [0.2, 0.25) is 0 Å². The van der Waals surface area contributed by atoms with Crippen LogP contribution < -0.4 is 5.32 Å². The maximum atomic E-state index is 4.32. The van der Waals surface area contributed by atoms with Gasteiger partial charge in [-0.2, -0.15) is 5.10 Å². The molecule has 0 aliphatic carbocycles. The molecule has 0 spiro atoms. The number of hydrogen-bond donors (Lipinski definition) is 1. The van der Waals surface area contributed by atoms with E-state index in [4.69, 9.17) is 0 Å².